The highest BCUT2D eigenvalue weighted by Crippen LogP contribution is 2.27. The third-order valence-corrected chi connectivity index (χ3v) is 3.21. The van der Waals surface area contributed by atoms with Crippen molar-refractivity contribution in [2.24, 2.45) is 0 Å². The lowest BCUT2D eigenvalue weighted by atomic mass is 10.3. The van der Waals surface area contributed by atoms with Gasteiger partial charge in [0.15, 0.2) is 6.61 Å². The summed E-state index contributed by atoms with van der Waals surface area (Å²) in [6.45, 7) is -0.264. The summed E-state index contributed by atoms with van der Waals surface area (Å²) in [5, 5.41) is 5.22. The van der Waals surface area contributed by atoms with Crippen LogP contribution in [-0.4, -0.2) is 24.6 Å². The van der Waals surface area contributed by atoms with Crippen molar-refractivity contribution in [3.8, 4) is 5.75 Å². The summed E-state index contributed by atoms with van der Waals surface area (Å²) in [6, 6.07) is 4.77. The molecule has 7 heteroatoms. The molecule has 2 N–H and O–H groups in total. The van der Waals surface area contributed by atoms with Crippen molar-refractivity contribution in [3.05, 3.63) is 27.7 Å². The number of carbonyl (C=O) groups is 2. The van der Waals surface area contributed by atoms with Gasteiger partial charge in [-0.2, -0.15) is 0 Å². The second kappa shape index (κ2) is 6.25. The number of nitrogens with one attached hydrogen (secondary N) is 2. The van der Waals surface area contributed by atoms with Crippen molar-refractivity contribution in [3.63, 3.8) is 0 Å². The maximum absolute atomic E-state index is 11.5. The lowest BCUT2D eigenvalue weighted by molar-refractivity contribution is -0.122. The van der Waals surface area contributed by atoms with Gasteiger partial charge < -0.3 is 10.1 Å². The van der Waals surface area contributed by atoms with Gasteiger partial charge in [-0.15, -0.1) is 0 Å². The number of urea groups is 1. The van der Waals surface area contributed by atoms with Crippen LogP contribution in [0.4, 0.5) is 4.79 Å². The average molecular weight is 348 g/mol. The lowest BCUT2D eigenvalue weighted by Crippen LogP contribution is -2.42. The normalized spacial score (nSPS) is 13.8. The molecule has 0 saturated heterocycles. The molecular weight excluding hydrogens is 336 g/mol. The Kier molecular flexibility index (Phi) is 4.66. The number of rotatable bonds is 4. The van der Waals surface area contributed by atoms with Crippen LogP contribution in [0.1, 0.15) is 12.8 Å². The third-order valence-electron chi connectivity index (χ3n) is 2.42. The van der Waals surface area contributed by atoms with Gasteiger partial charge in [0.2, 0.25) is 0 Å². The summed E-state index contributed by atoms with van der Waals surface area (Å²) < 4.78 is 6.05. The van der Waals surface area contributed by atoms with Crippen molar-refractivity contribution in [2.75, 3.05) is 6.61 Å². The van der Waals surface area contributed by atoms with Gasteiger partial charge in [-0.05, 0) is 31.0 Å². The van der Waals surface area contributed by atoms with Gasteiger partial charge >= 0.3 is 6.03 Å². The van der Waals surface area contributed by atoms with E-state index in [9.17, 15) is 9.59 Å². The minimum atomic E-state index is -0.517. The number of ether oxygens (including phenoxy) is 1. The lowest BCUT2D eigenvalue weighted by Gasteiger charge is -2.08. The molecule has 1 aromatic carbocycles. The molecule has 2 rings (SSSR count). The number of benzene rings is 1. The third kappa shape index (κ3) is 4.72. The summed E-state index contributed by atoms with van der Waals surface area (Å²) in [5.74, 6) is -0.125. The molecule has 1 aromatic rings. The molecule has 5 nitrogen and oxygen atoms in total. The van der Waals surface area contributed by atoms with E-state index < -0.39 is 11.9 Å². The molecule has 0 atom stereocenters. The molecule has 19 heavy (non-hydrogen) atoms. The predicted octanol–water partition coefficient (Wildman–Crippen LogP) is 2.47. The maximum atomic E-state index is 11.5. The highest BCUT2D eigenvalue weighted by molar-refractivity contribution is 9.10. The first-order valence-corrected chi connectivity index (χ1v) is 6.90. The summed E-state index contributed by atoms with van der Waals surface area (Å²) in [4.78, 5) is 22.8. The Labute approximate surface area is 123 Å². The van der Waals surface area contributed by atoms with Crippen molar-refractivity contribution in [1.29, 1.82) is 0 Å². The molecule has 1 aliphatic carbocycles. The van der Waals surface area contributed by atoms with E-state index in [-0.39, 0.29) is 12.6 Å². The van der Waals surface area contributed by atoms with Crippen LogP contribution in [0.25, 0.3) is 0 Å². The standard InChI is InChI=1S/C12H12BrClN2O3/c13-7-1-4-10(9(14)5-7)19-6-11(17)16-12(18)15-8-2-3-8/h1,4-5,8H,2-3,6H2,(H2,15,16,17,18). The van der Waals surface area contributed by atoms with Crippen LogP contribution in [0.5, 0.6) is 5.75 Å². The number of amides is 3. The molecule has 0 bridgehead atoms. The Bertz CT molecular complexity index is 506. The van der Waals surface area contributed by atoms with E-state index in [1.807, 2.05) is 0 Å². The fourth-order valence-electron chi connectivity index (χ4n) is 1.35. The summed E-state index contributed by atoms with van der Waals surface area (Å²) in [5.41, 5.74) is 0. The zero-order valence-electron chi connectivity index (χ0n) is 9.91. The fourth-order valence-corrected chi connectivity index (χ4v) is 2.08. The number of imide groups is 1. The smallest absolute Gasteiger partial charge is 0.321 e. The summed E-state index contributed by atoms with van der Waals surface area (Å²) in [7, 11) is 0. The van der Waals surface area contributed by atoms with E-state index in [0.717, 1.165) is 17.3 Å². The largest absolute Gasteiger partial charge is 0.482 e. The SMILES string of the molecule is O=C(COc1ccc(Br)cc1Cl)NC(=O)NC1CC1. The zero-order chi connectivity index (χ0) is 13.8. The average Bonchev–Trinajstić information content (AvgIpc) is 3.11. The number of carbonyl (C=O) groups excluding carboxylic acids is 2. The van der Waals surface area contributed by atoms with Gasteiger partial charge in [0.05, 0.1) is 5.02 Å². The molecule has 0 spiro atoms. The topological polar surface area (TPSA) is 67.4 Å². The molecule has 102 valence electrons. The van der Waals surface area contributed by atoms with E-state index >= 15 is 0 Å². The number of hydrogen-bond acceptors (Lipinski definition) is 3. The Morgan fingerprint density at radius 3 is 2.79 bits per heavy atom. The zero-order valence-corrected chi connectivity index (χ0v) is 12.3. The van der Waals surface area contributed by atoms with Crippen LogP contribution in [0.2, 0.25) is 5.02 Å². The van der Waals surface area contributed by atoms with E-state index in [0.29, 0.717) is 10.8 Å². The van der Waals surface area contributed by atoms with Gasteiger partial charge in [0.1, 0.15) is 5.75 Å². The molecule has 0 radical (unpaired) electrons. The number of halogens is 2. The van der Waals surface area contributed by atoms with Crippen LogP contribution < -0.4 is 15.4 Å². The van der Waals surface area contributed by atoms with Crippen molar-refractivity contribution in [1.82, 2.24) is 10.6 Å². The molecule has 0 heterocycles. The number of hydrogen-bond donors (Lipinski definition) is 2. The first kappa shape index (κ1) is 14.1. The van der Waals surface area contributed by atoms with E-state index in [1.54, 1.807) is 18.2 Å². The Morgan fingerprint density at radius 1 is 1.42 bits per heavy atom. The first-order chi connectivity index (χ1) is 9.04. The van der Waals surface area contributed by atoms with Gasteiger partial charge in [-0.25, -0.2) is 4.79 Å². The van der Waals surface area contributed by atoms with Crippen LogP contribution in [0.3, 0.4) is 0 Å². The molecule has 1 fully saturated rings. The predicted molar refractivity (Wildman–Crippen MR) is 74.3 cm³/mol. The molecule has 0 aliphatic heterocycles. The Morgan fingerprint density at radius 2 is 2.16 bits per heavy atom. The molecule has 0 unspecified atom stereocenters. The molecule has 1 saturated carbocycles. The van der Waals surface area contributed by atoms with Crippen LogP contribution in [0.15, 0.2) is 22.7 Å². The van der Waals surface area contributed by atoms with E-state index in [4.69, 9.17) is 16.3 Å². The van der Waals surface area contributed by atoms with E-state index in [1.165, 1.54) is 0 Å². The monoisotopic (exact) mass is 346 g/mol. The minimum Gasteiger partial charge on any atom is -0.482 e. The maximum Gasteiger partial charge on any atom is 0.321 e. The molecule has 1 aliphatic rings. The second-order valence-electron chi connectivity index (χ2n) is 4.16. The van der Waals surface area contributed by atoms with Crippen molar-refractivity contribution < 1.29 is 14.3 Å². The van der Waals surface area contributed by atoms with Gasteiger partial charge in [-0.3, -0.25) is 10.1 Å². The Balaban J connectivity index is 1.77. The highest BCUT2D eigenvalue weighted by atomic mass is 79.9. The second-order valence-corrected chi connectivity index (χ2v) is 5.48. The van der Waals surface area contributed by atoms with Crippen LogP contribution in [-0.2, 0) is 4.79 Å². The van der Waals surface area contributed by atoms with E-state index in [2.05, 4.69) is 26.6 Å². The summed E-state index contributed by atoms with van der Waals surface area (Å²) >= 11 is 9.20. The van der Waals surface area contributed by atoms with Gasteiger partial charge in [0, 0.05) is 10.5 Å². The minimum absolute atomic E-state index is 0.203. The highest BCUT2D eigenvalue weighted by Gasteiger charge is 2.23. The van der Waals surface area contributed by atoms with Crippen molar-refractivity contribution in [2.45, 2.75) is 18.9 Å². The van der Waals surface area contributed by atoms with Crippen LogP contribution in [0, 0.1) is 0 Å². The molecule has 0 aromatic heterocycles. The fraction of sp³-hybridized carbons (Fsp3) is 0.333. The van der Waals surface area contributed by atoms with Crippen LogP contribution >= 0.6 is 27.5 Å². The molecule has 3 amide bonds. The molecular formula is C12H12BrClN2O3. The van der Waals surface area contributed by atoms with Crippen molar-refractivity contribution >= 4 is 39.5 Å². The summed E-state index contributed by atoms with van der Waals surface area (Å²) in [6.07, 6.45) is 1.93. The quantitative estimate of drug-likeness (QED) is 0.879. The first-order valence-electron chi connectivity index (χ1n) is 5.73. The van der Waals surface area contributed by atoms with Gasteiger partial charge in [0.25, 0.3) is 5.91 Å². The Hall–Kier alpha value is -1.27. The van der Waals surface area contributed by atoms with Gasteiger partial charge in [-0.1, -0.05) is 27.5 Å².